The van der Waals surface area contributed by atoms with Crippen LogP contribution in [0.1, 0.15) is 48.9 Å². The predicted octanol–water partition coefficient (Wildman–Crippen LogP) is 3.11. The molecule has 0 heterocycles. The van der Waals surface area contributed by atoms with E-state index in [-0.39, 0.29) is 5.91 Å². The van der Waals surface area contributed by atoms with Crippen LogP contribution in [-0.4, -0.2) is 30.9 Å². The molecule has 20 heavy (non-hydrogen) atoms. The molecule has 1 aliphatic rings. The fourth-order valence-corrected chi connectivity index (χ4v) is 2.72. The zero-order valence-corrected chi connectivity index (χ0v) is 12.5. The van der Waals surface area contributed by atoms with Crippen LogP contribution < -0.4 is 11.1 Å². The number of nitrogens with zero attached hydrogens (tertiary/aromatic N) is 1. The minimum atomic E-state index is 0.00826. The minimum Gasteiger partial charge on any atom is -0.397 e. The molecular formula is C16H25N3O. The van der Waals surface area contributed by atoms with Crippen molar-refractivity contribution in [2.45, 2.75) is 44.6 Å². The largest absolute Gasteiger partial charge is 0.397 e. The average Bonchev–Trinajstić information content (AvgIpc) is 2.69. The van der Waals surface area contributed by atoms with Gasteiger partial charge in [-0.2, -0.15) is 0 Å². The summed E-state index contributed by atoms with van der Waals surface area (Å²) < 4.78 is 0. The van der Waals surface area contributed by atoms with Gasteiger partial charge in [0.05, 0.1) is 11.4 Å². The van der Waals surface area contributed by atoms with Crippen molar-refractivity contribution in [1.29, 1.82) is 0 Å². The van der Waals surface area contributed by atoms with Gasteiger partial charge >= 0.3 is 0 Å². The molecule has 0 radical (unpaired) electrons. The molecule has 1 aromatic rings. The number of amides is 1. The third-order valence-corrected chi connectivity index (χ3v) is 3.92. The summed E-state index contributed by atoms with van der Waals surface area (Å²) in [6, 6.07) is 5.96. The number of carbonyl (C=O) groups is 1. The second kappa shape index (κ2) is 6.64. The molecule has 1 fully saturated rings. The van der Waals surface area contributed by atoms with Crippen LogP contribution in [0.15, 0.2) is 18.2 Å². The van der Waals surface area contributed by atoms with Gasteiger partial charge in [0, 0.05) is 25.7 Å². The van der Waals surface area contributed by atoms with Crippen LogP contribution >= 0.6 is 0 Å². The molecular weight excluding hydrogens is 250 g/mol. The zero-order chi connectivity index (χ0) is 14.5. The quantitative estimate of drug-likeness (QED) is 0.658. The van der Waals surface area contributed by atoms with E-state index in [0.29, 0.717) is 17.3 Å². The van der Waals surface area contributed by atoms with Gasteiger partial charge in [-0.15, -0.1) is 0 Å². The van der Waals surface area contributed by atoms with Gasteiger partial charge in [-0.1, -0.05) is 25.7 Å². The van der Waals surface area contributed by atoms with Gasteiger partial charge in [-0.05, 0) is 31.0 Å². The Labute approximate surface area is 121 Å². The van der Waals surface area contributed by atoms with Crippen LogP contribution in [0.25, 0.3) is 0 Å². The zero-order valence-electron chi connectivity index (χ0n) is 12.5. The SMILES string of the molecule is CN(C)C(=O)c1ccc(N)c(NC2CCCCCC2)c1. The highest BCUT2D eigenvalue weighted by Gasteiger charge is 2.15. The lowest BCUT2D eigenvalue weighted by molar-refractivity contribution is 0.0827. The van der Waals surface area contributed by atoms with E-state index in [1.165, 1.54) is 38.5 Å². The number of nitrogens with one attached hydrogen (secondary N) is 1. The number of carbonyl (C=O) groups excluding carboxylic acids is 1. The fraction of sp³-hybridized carbons (Fsp3) is 0.562. The van der Waals surface area contributed by atoms with E-state index in [9.17, 15) is 4.79 Å². The molecule has 1 saturated carbocycles. The van der Waals surface area contributed by atoms with E-state index >= 15 is 0 Å². The Morgan fingerprint density at radius 2 is 1.85 bits per heavy atom. The van der Waals surface area contributed by atoms with Gasteiger partial charge in [-0.25, -0.2) is 0 Å². The lowest BCUT2D eigenvalue weighted by atomic mass is 10.1. The van der Waals surface area contributed by atoms with Crippen molar-refractivity contribution in [3.63, 3.8) is 0 Å². The van der Waals surface area contributed by atoms with Crippen molar-refractivity contribution < 1.29 is 4.79 Å². The molecule has 0 saturated heterocycles. The summed E-state index contributed by atoms with van der Waals surface area (Å²) in [4.78, 5) is 13.6. The first-order valence-corrected chi connectivity index (χ1v) is 7.45. The summed E-state index contributed by atoms with van der Waals surface area (Å²) in [6.45, 7) is 0. The molecule has 4 heteroatoms. The van der Waals surface area contributed by atoms with E-state index < -0.39 is 0 Å². The molecule has 3 N–H and O–H groups in total. The van der Waals surface area contributed by atoms with E-state index in [1.54, 1.807) is 25.1 Å². The smallest absolute Gasteiger partial charge is 0.253 e. The second-order valence-electron chi connectivity index (χ2n) is 5.83. The van der Waals surface area contributed by atoms with Crippen LogP contribution in [0.5, 0.6) is 0 Å². The Bertz CT molecular complexity index is 463. The number of rotatable bonds is 3. The minimum absolute atomic E-state index is 0.00826. The van der Waals surface area contributed by atoms with Crippen molar-refractivity contribution in [2.75, 3.05) is 25.1 Å². The van der Waals surface area contributed by atoms with Gasteiger partial charge in [0.1, 0.15) is 0 Å². The van der Waals surface area contributed by atoms with Gasteiger partial charge in [0.15, 0.2) is 0 Å². The molecule has 0 unspecified atom stereocenters. The highest BCUT2D eigenvalue weighted by atomic mass is 16.2. The second-order valence-corrected chi connectivity index (χ2v) is 5.83. The van der Waals surface area contributed by atoms with Crippen LogP contribution in [0.2, 0.25) is 0 Å². The van der Waals surface area contributed by atoms with Gasteiger partial charge < -0.3 is 16.0 Å². The van der Waals surface area contributed by atoms with E-state index in [4.69, 9.17) is 5.73 Å². The van der Waals surface area contributed by atoms with Crippen LogP contribution in [0, 0.1) is 0 Å². The first-order chi connectivity index (χ1) is 9.58. The molecule has 0 atom stereocenters. The summed E-state index contributed by atoms with van der Waals surface area (Å²) >= 11 is 0. The Balaban J connectivity index is 2.13. The van der Waals surface area contributed by atoms with Gasteiger partial charge in [0.25, 0.3) is 5.91 Å². The van der Waals surface area contributed by atoms with E-state index in [1.807, 2.05) is 12.1 Å². The molecule has 0 aliphatic heterocycles. The maximum atomic E-state index is 12.0. The Kier molecular flexibility index (Phi) is 4.88. The number of nitrogens with two attached hydrogens (primary N) is 1. The summed E-state index contributed by atoms with van der Waals surface area (Å²) in [6.07, 6.45) is 7.57. The molecule has 0 bridgehead atoms. The first-order valence-electron chi connectivity index (χ1n) is 7.45. The summed E-state index contributed by atoms with van der Waals surface area (Å²) in [5.74, 6) is 0.00826. The van der Waals surface area contributed by atoms with Crippen molar-refractivity contribution >= 4 is 17.3 Å². The first kappa shape index (κ1) is 14.7. The fourth-order valence-electron chi connectivity index (χ4n) is 2.72. The summed E-state index contributed by atoms with van der Waals surface area (Å²) in [7, 11) is 3.52. The highest BCUT2D eigenvalue weighted by Crippen LogP contribution is 2.26. The molecule has 1 aliphatic carbocycles. The molecule has 4 nitrogen and oxygen atoms in total. The molecule has 1 amide bonds. The topological polar surface area (TPSA) is 58.4 Å². The van der Waals surface area contributed by atoms with E-state index in [2.05, 4.69) is 5.32 Å². The molecule has 1 aromatic carbocycles. The third kappa shape index (κ3) is 3.65. The van der Waals surface area contributed by atoms with Crippen molar-refractivity contribution in [3.05, 3.63) is 23.8 Å². The highest BCUT2D eigenvalue weighted by molar-refractivity contribution is 5.95. The van der Waals surface area contributed by atoms with Crippen molar-refractivity contribution in [3.8, 4) is 0 Å². The van der Waals surface area contributed by atoms with Gasteiger partial charge in [-0.3, -0.25) is 4.79 Å². The molecule has 110 valence electrons. The molecule has 0 spiro atoms. The van der Waals surface area contributed by atoms with Crippen molar-refractivity contribution in [1.82, 2.24) is 4.90 Å². The van der Waals surface area contributed by atoms with Crippen LogP contribution in [0.3, 0.4) is 0 Å². The van der Waals surface area contributed by atoms with E-state index in [0.717, 1.165) is 5.69 Å². The number of nitrogen functional groups attached to an aromatic ring is 1. The maximum Gasteiger partial charge on any atom is 0.253 e. The number of hydrogen-bond donors (Lipinski definition) is 2. The average molecular weight is 275 g/mol. The number of hydrogen-bond acceptors (Lipinski definition) is 3. The Hall–Kier alpha value is -1.71. The monoisotopic (exact) mass is 275 g/mol. The lowest BCUT2D eigenvalue weighted by Gasteiger charge is -2.20. The Morgan fingerprint density at radius 3 is 2.45 bits per heavy atom. The predicted molar refractivity (Wildman–Crippen MR) is 84.0 cm³/mol. The lowest BCUT2D eigenvalue weighted by Crippen LogP contribution is -2.23. The summed E-state index contributed by atoms with van der Waals surface area (Å²) in [5.41, 5.74) is 8.32. The van der Waals surface area contributed by atoms with Crippen LogP contribution in [-0.2, 0) is 0 Å². The van der Waals surface area contributed by atoms with Gasteiger partial charge in [0.2, 0.25) is 0 Å². The molecule has 0 aromatic heterocycles. The normalized spacial score (nSPS) is 16.5. The number of benzene rings is 1. The standard InChI is InChI=1S/C16H25N3O/c1-19(2)16(20)12-9-10-14(17)15(11-12)18-13-7-5-3-4-6-8-13/h9-11,13,18H,3-8,17H2,1-2H3. The third-order valence-electron chi connectivity index (χ3n) is 3.92. The van der Waals surface area contributed by atoms with Crippen LogP contribution in [0.4, 0.5) is 11.4 Å². The maximum absolute atomic E-state index is 12.0. The summed E-state index contributed by atoms with van der Waals surface area (Å²) in [5, 5.41) is 3.53. The molecule has 2 rings (SSSR count). The van der Waals surface area contributed by atoms with Crippen molar-refractivity contribution in [2.24, 2.45) is 0 Å². The number of anilines is 2. The Morgan fingerprint density at radius 1 is 1.20 bits per heavy atom.